The van der Waals surface area contributed by atoms with Gasteiger partial charge in [0.1, 0.15) is 15.6 Å². The summed E-state index contributed by atoms with van der Waals surface area (Å²) in [6.45, 7) is 5.97. The summed E-state index contributed by atoms with van der Waals surface area (Å²) in [5.41, 5.74) is 1.12. The Kier molecular flexibility index (Phi) is 6.33. The molecule has 1 saturated heterocycles. The van der Waals surface area contributed by atoms with Crippen molar-refractivity contribution in [2.75, 3.05) is 38.5 Å². The molecule has 1 fully saturated rings. The Morgan fingerprint density at radius 2 is 2.00 bits per heavy atom. The molecule has 1 amide bonds. The zero-order chi connectivity index (χ0) is 20.3. The van der Waals surface area contributed by atoms with Crippen LogP contribution in [-0.2, 0) is 14.8 Å². The van der Waals surface area contributed by atoms with E-state index < -0.39 is 10.0 Å². The van der Waals surface area contributed by atoms with Gasteiger partial charge in [0.2, 0.25) is 5.91 Å². The van der Waals surface area contributed by atoms with Crippen molar-refractivity contribution < 1.29 is 17.7 Å². The van der Waals surface area contributed by atoms with Crippen molar-refractivity contribution in [1.29, 1.82) is 0 Å². The molecule has 1 N–H and O–H groups in total. The number of carbonyl (C=O) groups excluding carboxylic acids is 1. The molecule has 0 radical (unpaired) electrons. The molecular formula is C18H24N4O4S2. The monoisotopic (exact) mass is 424 g/mol. The van der Waals surface area contributed by atoms with Crippen LogP contribution < -0.4 is 5.32 Å². The van der Waals surface area contributed by atoms with Crippen molar-refractivity contribution in [2.45, 2.75) is 24.5 Å². The Hall–Kier alpha value is -2.01. The smallest absolute Gasteiger partial charge is 0.252 e. The van der Waals surface area contributed by atoms with E-state index in [1.165, 1.54) is 15.6 Å². The lowest BCUT2D eigenvalue weighted by atomic mass is 10.2. The molecule has 2 aromatic heterocycles. The first kappa shape index (κ1) is 20.7. The van der Waals surface area contributed by atoms with E-state index in [2.05, 4.69) is 15.4 Å². The van der Waals surface area contributed by atoms with E-state index in [4.69, 9.17) is 4.52 Å². The van der Waals surface area contributed by atoms with E-state index >= 15 is 0 Å². The number of nitrogens with zero attached hydrogens (tertiary/aromatic N) is 3. The Morgan fingerprint density at radius 1 is 1.29 bits per heavy atom. The van der Waals surface area contributed by atoms with Crippen molar-refractivity contribution in [3.8, 4) is 0 Å². The molecule has 3 heterocycles. The molecule has 3 rings (SSSR count). The second-order valence-electron chi connectivity index (χ2n) is 6.61. The van der Waals surface area contributed by atoms with Crippen LogP contribution in [0.1, 0.15) is 29.7 Å². The zero-order valence-corrected chi connectivity index (χ0v) is 17.8. The number of likely N-dealkylation sites (N-methyl/N-ethyl adjacent to an activating group) is 1. The largest absolute Gasteiger partial charge is 0.354 e. The lowest BCUT2D eigenvalue weighted by Crippen LogP contribution is -2.46. The van der Waals surface area contributed by atoms with Gasteiger partial charge in [-0.2, -0.15) is 4.31 Å². The van der Waals surface area contributed by atoms with E-state index in [0.29, 0.717) is 40.9 Å². The molecule has 10 heteroatoms. The molecule has 1 aliphatic heterocycles. The average molecular weight is 425 g/mol. The summed E-state index contributed by atoms with van der Waals surface area (Å²) in [6.07, 6.45) is 3.80. The number of nitrogens with one attached hydrogen (secondary N) is 1. The highest BCUT2D eigenvalue weighted by Crippen LogP contribution is 2.28. The van der Waals surface area contributed by atoms with E-state index in [1.54, 1.807) is 38.1 Å². The number of aromatic nitrogens is 1. The number of carbonyl (C=O) groups is 1. The maximum atomic E-state index is 12.8. The minimum absolute atomic E-state index is 0.127. The predicted octanol–water partition coefficient (Wildman–Crippen LogP) is 2.50. The number of rotatable bonds is 6. The minimum atomic E-state index is -3.47. The van der Waals surface area contributed by atoms with Crippen molar-refractivity contribution in [1.82, 2.24) is 14.4 Å². The van der Waals surface area contributed by atoms with Gasteiger partial charge in [-0.25, -0.2) is 8.42 Å². The van der Waals surface area contributed by atoms with Crippen molar-refractivity contribution in [3.63, 3.8) is 0 Å². The highest BCUT2D eigenvalue weighted by molar-refractivity contribution is 7.91. The van der Waals surface area contributed by atoms with Crippen LogP contribution in [0.15, 0.2) is 20.9 Å². The summed E-state index contributed by atoms with van der Waals surface area (Å²) in [6, 6.07) is 3.39. The molecule has 8 nitrogen and oxygen atoms in total. The number of aryl methyl sites for hydroxylation is 1. The van der Waals surface area contributed by atoms with Gasteiger partial charge in [0.15, 0.2) is 5.76 Å². The van der Waals surface area contributed by atoms with Gasteiger partial charge in [0.05, 0.1) is 0 Å². The normalized spacial score (nSPS) is 16.7. The van der Waals surface area contributed by atoms with Crippen molar-refractivity contribution >= 4 is 45.1 Å². The highest BCUT2D eigenvalue weighted by atomic mass is 32.2. The fourth-order valence-corrected chi connectivity index (χ4v) is 5.56. The van der Waals surface area contributed by atoms with Crippen LogP contribution in [0, 0.1) is 6.92 Å². The van der Waals surface area contributed by atoms with Gasteiger partial charge >= 0.3 is 0 Å². The summed E-state index contributed by atoms with van der Waals surface area (Å²) in [5.74, 6) is 0.300. The molecule has 1 aliphatic rings. The molecular weight excluding hydrogens is 400 g/mol. The molecule has 0 bridgehead atoms. The molecule has 0 aliphatic carbocycles. The first-order chi connectivity index (χ1) is 13.3. The summed E-state index contributed by atoms with van der Waals surface area (Å²) < 4.78 is 32.7. The predicted molar refractivity (Wildman–Crippen MR) is 110 cm³/mol. The number of thiophene rings is 1. The third-order valence-electron chi connectivity index (χ3n) is 4.53. The fourth-order valence-electron chi connectivity index (χ4n) is 2.76. The molecule has 28 heavy (non-hydrogen) atoms. The summed E-state index contributed by atoms with van der Waals surface area (Å²) in [4.78, 5) is 14.6. The number of amides is 1. The van der Waals surface area contributed by atoms with Crippen LogP contribution in [0.25, 0.3) is 12.2 Å². The van der Waals surface area contributed by atoms with E-state index in [9.17, 15) is 13.2 Å². The lowest BCUT2D eigenvalue weighted by Gasteiger charge is -2.31. The van der Waals surface area contributed by atoms with Crippen molar-refractivity contribution in [2.24, 2.45) is 0 Å². The number of piperazine rings is 1. The van der Waals surface area contributed by atoms with Gasteiger partial charge in [-0.05, 0) is 38.3 Å². The third-order valence-corrected chi connectivity index (χ3v) is 7.95. The summed E-state index contributed by atoms with van der Waals surface area (Å²) in [7, 11) is -1.49. The molecule has 0 atom stereocenters. The van der Waals surface area contributed by atoms with Gasteiger partial charge < -0.3 is 14.7 Å². The molecule has 2 aromatic rings. The lowest BCUT2D eigenvalue weighted by molar-refractivity contribution is -0.115. The molecule has 0 saturated carbocycles. The average Bonchev–Trinajstić information content (AvgIpc) is 3.28. The van der Waals surface area contributed by atoms with Gasteiger partial charge in [0, 0.05) is 37.5 Å². The van der Waals surface area contributed by atoms with Crippen LogP contribution >= 0.6 is 11.3 Å². The zero-order valence-electron chi connectivity index (χ0n) is 16.1. The van der Waals surface area contributed by atoms with E-state index in [-0.39, 0.29) is 5.91 Å². The maximum Gasteiger partial charge on any atom is 0.252 e. The fraction of sp³-hybridized carbons (Fsp3) is 0.444. The van der Waals surface area contributed by atoms with Gasteiger partial charge in [-0.1, -0.05) is 12.1 Å². The Labute approximate surface area is 168 Å². The van der Waals surface area contributed by atoms with Crippen molar-refractivity contribution in [3.05, 3.63) is 28.5 Å². The Morgan fingerprint density at radius 3 is 2.68 bits per heavy atom. The van der Waals surface area contributed by atoms with Gasteiger partial charge in [-0.3, -0.25) is 4.79 Å². The Bertz CT molecular complexity index is 970. The molecule has 0 unspecified atom stereocenters. The highest BCUT2D eigenvalue weighted by Gasteiger charge is 2.28. The molecule has 0 spiro atoms. The molecule has 0 aromatic carbocycles. The first-order valence-corrected chi connectivity index (χ1v) is 11.3. The first-order valence-electron chi connectivity index (χ1n) is 9.04. The number of hydrogen-bond acceptors (Lipinski definition) is 7. The van der Waals surface area contributed by atoms with Gasteiger partial charge in [-0.15, -0.1) is 11.3 Å². The van der Waals surface area contributed by atoms with E-state index in [0.717, 1.165) is 18.0 Å². The third kappa shape index (κ3) is 4.52. The van der Waals surface area contributed by atoms with Crippen LogP contribution in [0.2, 0.25) is 0 Å². The second-order valence-corrected chi connectivity index (χ2v) is 9.89. The Balaban J connectivity index is 1.76. The van der Waals surface area contributed by atoms with Gasteiger partial charge in [0.25, 0.3) is 10.0 Å². The number of sulfonamides is 1. The van der Waals surface area contributed by atoms with Crippen LogP contribution in [-0.4, -0.2) is 61.9 Å². The topological polar surface area (TPSA) is 95.8 Å². The number of anilines is 1. The van der Waals surface area contributed by atoms with E-state index in [1.807, 2.05) is 7.05 Å². The molecule has 152 valence electrons. The maximum absolute atomic E-state index is 12.8. The summed E-state index contributed by atoms with van der Waals surface area (Å²) in [5, 5.41) is 6.66. The van der Waals surface area contributed by atoms with Crippen LogP contribution in [0.3, 0.4) is 0 Å². The quantitative estimate of drug-likeness (QED) is 0.765. The second kappa shape index (κ2) is 8.56. The number of hydrogen-bond donors (Lipinski definition) is 1. The standard InChI is InChI=1S/C18H24N4O4S2/c1-4-16(23)19-18-13(2)20-26-15(18)7-5-14-6-8-17(27-14)28(24,25)22-11-9-21(3)10-12-22/h5-8H,4,9-12H2,1-3H3,(H,19,23). The SMILES string of the molecule is CCC(=O)Nc1c(C)noc1C=Cc1ccc(S(=O)(=O)N2CCN(C)CC2)s1. The summed E-state index contributed by atoms with van der Waals surface area (Å²) >= 11 is 1.21. The minimum Gasteiger partial charge on any atom is -0.354 e. The van der Waals surface area contributed by atoms with Crippen LogP contribution in [0.4, 0.5) is 5.69 Å². The van der Waals surface area contributed by atoms with Crippen LogP contribution in [0.5, 0.6) is 0 Å².